The number of nitrogens with zero attached hydrogens (tertiary/aromatic N) is 1. The highest BCUT2D eigenvalue weighted by atomic mass is 35.5. The fraction of sp³-hybridized carbons (Fsp3) is 0.444. The third-order valence-electron chi connectivity index (χ3n) is 15.1. The molecule has 2 spiro atoms. The summed E-state index contributed by atoms with van der Waals surface area (Å²) in [7, 11) is -4.00. The molecule has 2 aromatic heterocycles. The van der Waals surface area contributed by atoms with Crippen LogP contribution in [0.5, 0.6) is 0 Å². The lowest BCUT2D eigenvalue weighted by Crippen LogP contribution is -2.67. The molecule has 8 atom stereocenters. The summed E-state index contributed by atoms with van der Waals surface area (Å²) in [5.41, 5.74) is -3.75. The Bertz CT molecular complexity index is 2450. The van der Waals surface area contributed by atoms with E-state index in [0.717, 1.165) is 41.5 Å². The van der Waals surface area contributed by atoms with Crippen LogP contribution in [0.1, 0.15) is 80.5 Å². The molecular weight excluding hydrogens is 807 g/mol. The number of hydrogen-bond acceptors (Lipinski definition) is 7. The molecule has 3 saturated carbocycles. The van der Waals surface area contributed by atoms with Gasteiger partial charge in [-0.15, -0.1) is 11.3 Å². The molecule has 10 rings (SSSR count). The number of Topliss-reactive ketones (excluding diaryl/α,β-unsaturated/α-hetero) is 1. The minimum absolute atomic E-state index is 0.0100. The predicted octanol–water partition coefficient (Wildman–Crippen LogP) is 10.3. The average molecular weight is 852 g/mol. The number of thiophene rings is 1. The van der Waals surface area contributed by atoms with Crippen molar-refractivity contribution in [3.05, 3.63) is 124 Å². The maximum absolute atomic E-state index is 15.1. The molecule has 2 aromatic carbocycles. The van der Waals surface area contributed by atoms with Gasteiger partial charge in [0.25, 0.3) is 10.0 Å². The maximum atomic E-state index is 15.1. The van der Waals surface area contributed by atoms with Crippen molar-refractivity contribution >= 4 is 38.7 Å². The van der Waals surface area contributed by atoms with Gasteiger partial charge >= 0.3 is 6.18 Å². The van der Waals surface area contributed by atoms with Crippen LogP contribution in [-0.2, 0) is 22.7 Å². The number of alkyl halides is 3. The van der Waals surface area contributed by atoms with Gasteiger partial charge in [0.2, 0.25) is 5.78 Å². The zero-order valence-corrected chi connectivity index (χ0v) is 34.5. The van der Waals surface area contributed by atoms with Crippen molar-refractivity contribution in [2.45, 2.75) is 87.4 Å². The number of carbonyl (C=O) groups excluding carboxylic acids is 1. The summed E-state index contributed by atoms with van der Waals surface area (Å²) in [6.07, 6.45) is 5.04. The zero-order chi connectivity index (χ0) is 41.1. The van der Waals surface area contributed by atoms with Crippen LogP contribution in [0.25, 0.3) is 11.3 Å². The van der Waals surface area contributed by atoms with Crippen molar-refractivity contribution in [2.24, 2.45) is 33.5 Å². The summed E-state index contributed by atoms with van der Waals surface area (Å²) in [4.78, 5) is 15.1. The first-order valence-corrected chi connectivity index (χ1v) is 22.5. The summed E-state index contributed by atoms with van der Waals surface area (Å²) < 4.78 is 77.5. The molecule has 4 aromatic rings. The van der Waals surface area contributed by atoms with Gasteiger partial charge in [-0.1, -0.05) is 80.1 Å². The highest BCUT2D eigenvalue weighted by Crippen LogP contribution is 2.78. The average Bonchev–Trinajstić information content (AvgIpc) is 3.96. The van der Waals surface area contributed by atoms with E-state index in [0.29, 0.717) is 44.1 Å². The molecule has 0 aliphatic heterocycles. The van der Waals surface area contributed by atoms with E-state index < -0.39 is 55.5 Å². The molecular formula is C45H45ClF3NO6S2. The van der Waals surface area contributed by atoms with Gasteiger partial charge in [-0.05, 0) is 110 Å². The number of rotatable bonds is 9. The van der Waals surface area contributed by atoms with Gasteiger partial charge in [0, 0.05) is 40.5 Å². The molecule has 306 valence electrons. The van der Waals surface area contributed by atoms with E-state index in [-0.39, 0.29) is 56.7 Å². The third-order valence-corrected chi connectivity index (χ3v) is 18.6. The lowest BCUT2D eigenvalue weighted by molar-refractivity contribution is -0.174. The lowest BCUT2D eigenvalue weighted by atomic mass is 9.32. The number of hydrogen-bond donors (Lipinski definition) is 2. The Labute approximate surface area is 345 Å². The van der Waals surface area contributed by atoms with Crippen molar-refractivity contribution in [3.8, 4) is 11.3 Å². The number of ketones is 1. The standard InChI is InChI=1S/C45H45ClF3NO6S2/c1-40-17-14-30(51)24-42(40)20-21-44(32(25-42)39(52)35-13-12-34(56-35)31-23-29(45(47,48)49)10-11-33(31)46)36(40)15-18-41(2)37(44)16-19-43(41,53)27-50(26-28-7-4-3-5-8-28)58(54,55)38-9-6-22-57-38/h3-13,20-23,25,30,36-37,51,53H,14-19,24,26-27H2,1-2H3/t30?,36-,37-,40-,41+,42+,43-,44-/m1/s1. The van der Waals surface area contributed by atoms with Gasteiger partial charge in [-0.3, -0.25) is 4.79 Å². The van der Waals surface area contributed by atoms with Crippen LogP contribution in [0.15, 0.2) is 111 Å². The van der Waals surface area contributed by atoms with Crippen molar-refractivity contribution in [2.75, 3.05) is 6.54 Å². The second-order valence-electron chi connectivity index (χ2n) is 17.7. The number of aliphatic hydroxyl groups excluding tert-OH is 1. The Morgan fingerprint density at radius 3 is 2.40 bits per heavy atom. The molecule has 13 heteroatoms. The predicted molar refractivity (Wildman–Crippen MR) is 215 cm³/mol. The molecule has 7 nitrogen and oxygen atoms in total. The van der Waals surface area contributed by atoms with Gasteiger partial charge in [0.05, 0.1) is 22.3 Å². The Balaban J connectivity index is 1.13. The first-order chi connectivity index (χ1) is 27.4. The molecule has 0 radical (unpaired) electrons. The normalized spacial score (nSPS) is 34.1. The molecule has 2 bridgehead atoms. The van der Waals surface area contributed by atoms with Crippen LogP contribution < -0.4 is 0 Å². The minimum Gasteiger partial charge on any atom is -0.453 e. The highest BCUT2D eigenvalue weighted by molar-refractivity contribution is 7.91. The summed E-state index contributed by atoms with van der Waals surface area (Å²) in [6, 6.07) is 18.5. The molecule has 2 heterocycles. The number of aliphatic hydroxyl groups is 2. The number of halogens is 4. The van der Waals surface area contributed by atoms with E-state index in [1.807, 2.05) is 43.3 Å². The number of allylic oxidation sites excluding steroid dienone is 4. The van der Waals surface area contributed by atoms with Gasteiger partial charge in [-0.2, -0.15) is 17.5 Å². The molecule has 0 saturated heterocycles. The van der Waals surface area contributed by atoms with Gasteiger partial charge in [-0.25, -0.2) is 8.42 Å². The van der Waals surface area contributed by atoms with Gasteiger partial charge < -0.3 is 14.6 Å². The van der Waals surface area contributed by atoms with E-state index in [2.05, 4.69) is 19.1 Å². The number of carbonyl (C=O) groups is 1. The van der Waals surface area contributed by atoms with Crippen LogP contribution >= 0.6 is 22.9 Å². The molecule has 2 N–H and O–H groups in total. The molecule has 58 heavy (non-hydrogen) atoms. The third kappa shape index (κ3) is 5.75. The highest BCUT2D eigenvalue weighted by Gasteiger charge is 2.74. The summed E-state index contributed by atoms with van der Waals surface area (Å²) >= 11 is 7.52. The topological polar surface area (TPSA) is 108 Å². The van der Waals surface area contributed by atoms with Crippen molar-refractivity contribution in [3.63, 3.8) is 0 Å². The first kappa shape index (κ1) is 39.9. The second-order valence-corrected chi connectivity index (χ2v) is 21.2. The fourth-order valence-electron chi connectivity index (χ4n) is 12.1. The van der Waals surface area contributed by atoms with E-state index in [4.69, 9.17) is 16.0 Å². The second kappa shape index (κ2) is 13.5. The van der Waals surface area contributed by atoms with E-state index >= 15 is 4.79 Å². The Morgan fingerprint density at radius 2 is 1.67 bits per heavy atom. The van der Waals surface area contributed by atoms with Gasteiger partial charge in [0.1, 0.15) is 9.97 Å². The van der Waals surface area contributed by atoms with Crippen molar-refractivity contribution in [1.82, 2.24) is 4.31 Å². The van der Waals surface area contributed by atoms with Crippen LogP contribution in [0.2, 0.25) is 5.02 Å². The molecule has 0 amide bonds. The SMILES string of the molecule is C[C@]12CC[C@H]3[C@]4(C=C[C@@]5(C=C4C(=O)c4ccc(-c6cc(C(F)(F)F)ccc6Cl)o4)CC(O)CC[C@]35C)[C@@H]1CC[C@@]2(O)CN(Cc1ccccc1)S(=O)(=O)c1cccs1. The van der Waals surface area contributed by atoms with Crippen molar-refractivity contribution < 1.29 is 41.0 Å². The van der Waals surface area contributed by atoms with Gasteiger partial charge in [0.15, 0.2) is 5.76 Å². The largest absolute Gasteiger partial charge is 0.453 e. The molecule has 3 fully saturated rings. The number of fused-ring (bicyclic) bond motifs is 1. The monoisotopic (exact) mass is 851 g/mol. The quantitative estimate of drug-likeness (QED) is 0.128. The minimum atomic E-state index is -4.61. The smallest absolute Gasteiger partial charge is 0.416 e. The molecule has 6 aliphatic rings. The van der Waals surface area contributed by atoms with E-state index in [1.54, 1.807) is 17.5 Å². The summed E-state index contributed by atoms with van der Waals surface area (Å²) in [5.74, 6) is -0.765. The Hall–Kier alpha value is -3.52. The summed E-state index contributed by atoms with van der Waals surface area (Å²) in [6.45, 7) is 4.24. The van der Waals surface area contributed by atoms with E-state index in [1.165, 1.54) is 16.4 Å². The lowest BCUT2D eigenvalue weighted by Gasteiger charge is -2.71. The van der Waals surface area contributed by atoms with Crippen LogP contribution in [0.4, 0.5) is 13.2 Å². The Kier molecular flexibility index (Phi) is 9.29. The fourth-order valence-corrected chi connectivity index (χ4v) is 14.9. The van der Waals surface area contributed by atoms with Crippen LogP contribution in [-0.4, -0.2) is 47.0 Å². The maximum Gasteiger partial charge on any atom is 0.416 e. The zero-order valence-electron chi connectivity index (χ0n) is 32.1. The first-order valence-electron chi connectivity index (χ1n) is 19.8. The van der Waals surface area contributed by atoms with Crippen LogP contribution in [0.3, 0.4) is 0 Å². The van der Waals surface area contributed by atoms with E-state index in [9.17, 15) is 31.8 Å². The van der Waals surface area contributed by atoms with Crippen LogP contribution in [0, 0.1) is 33.5 Å². The summed E-state index contributed by atoms with van der Waals surface area (Å²) in [5, 5.41) is 25.9. The van der Waals surface area contributed by atoms with Crippen molar-refractivity contribution in [1.29, 1.82) is 0 Å². The number of benzene rings is 2. The Morgan fingerprint density at radius 1 is 0.948 bits per heavy atom. The number of furan rings is 1. The molecule has 6 aliphatic carbocycles. The number of sulfonamides is 1. The molecule has 1 unspecified atom stereocenters.